The lowest BCUT2D eigenvalue weighted by Crippen LogP contribution is -2.17. The molecule has 4 nitrogen and oxygen atoms in total. The fourth-order valence-corrected chi connectivity index (χ4v) is 1.74. The van der Waals surface area contributed by atoms with Gasteiger partial charge in [-0.3, -0.25) is 9.36 Å². The van der Waals surface area contributed by atoms with Crippen LogP contribution < -0.4 is 4.74 Å². The van der Waals surface area contributed by atoms with Crippen LogP contribution >= 0.6 is 23.2 Å². The second-order valence-corrected chi connectivity index (χ2v) is 4.13. The summed E-state index contributed by atoms with van der Waals surface area (Å²) in [6, 6.07) is 4.77. The van der Waals surface area contributed by atoms with Crippen molar-refractivity contribution in [2.45, 2.75) is 0 Å². The summed E-state index contributed by atoms with van der Waals surface area (Å²) in [6.45, 7) is -0.104. The van der Waals surface area contributed by atoms with Crippen LogP contribution in [0.25, 0.3) is 0 Å². The van der Waals surface area contributed by atoms with E-state index in [2.05, 4.69) is 4.98 Å². The van der Waals surface area contributed by atoms with Crippen molar-refractivity contribution < 1.29 is 9.53 Å². The zero-order valence-corrected chi connectivity index (χ0v) is 10.1. The maximum atomic E-state index is 11.6. The van der Waals surface area contributed by atoms with Crippen LogP contribution in [-0.4, -0.2) is 22.1 Å². The van der Waals surface area contributed by atoms with E-state index in [9.17, 15) is 4.79 Å². The van der Waals surface area contributed by atoms with Crippen molar-refractivity contribution in [1.82, 2.24) is 9.55 Å². The van der Waals surface area contributed by atoms with E-state index in [1.54, 1.807) is 24.4 Å². The third-order valence-electron chi connectivity index (χ3n) is 1.99. The molecule has 2 rings (SSSR count). The highest BCUT2D eigenvalue weighted by molar-refractivity contribution is 6.34. The van der Waals surface area contributed by atoms with Gasteiger partial charge in [-0.1, -0.05) is 23.2 Å². The minimum atomic E-state index is -0.224. The molecule has 0 fully saturated rings. The van der Waals surface area contributed by atoms with Crippen LogP contribution in [0.4, 0.5) is 0 Å². The normalized spacial score (nSPS) is 10.2. The number of hydrogen-bond donors (Lipinski definition) is 0. The van der Waals surface area contributed by atoms with Crippen LogP contribution in [0.1, 0.15) is 4.79 Å². The van der Waals surface area contributed by atoms with Crippen LogP contribution in [-0.2, 0) is 0 Å². The molecule has 0 spiro atoms. The van der Waals surface area contributed by atoms with E-state index in [1.807, 2.05) is 0 Å². The van der Waals surface area contributed by atoms with Gasteiger partial charge in [0.1, 0.15) is 12.1 Å². The van der Waals surface area contributed by atoms with Gasteiger partial charge in [0.15, 0.2) is 6.61 Å². The second-order valence-electron chi connectivity index (χ2n) is 3.26. The fourth-order valence-electron chi connectivity index (χ4n) is 1.24. The summed E-state index contributed by atoms with van der Waals surface area (Å²) in [5.41, 5.74) is 0. The molecule has 0 atom stereocenters. The van der Waals surface area contributed by atoms with Crippen molar-refractivity contribution in [3.05, 3.63) is 47.0 Å². The number of rotatable bonds is 3. The number of benzene rings is 1. The van der Waals surface area contributed by atoms with E-state index in [1.165, 1.54) is 17.1 Å². The molecule has 88 valence electrons. The van der Waals surface area contributed by atoms with Gasteiger partial charge in [0.05, 0.1) is 0 Å². The summed E-state index contributed by atoms with van der Waals surface area (Å²) in [5.74, 6) is 0.231. The third kappa shape index (κ3) is 3.22. The van der Waals surface area contributed by atoms with Crippen molar-refractivity contribution in [1.29, 1.82) is 0 Å². The Hall–Kier alpha value is -1.52. The average Bonchev–Trinajstić information content (AvgIpc) is 2.78. The van der Waals surface area contributed by atoms with Gasteiger partial charge in [-0.15, -0.1) is 0 Å². The van der Waals surface area contributed by atoms with Crippen molar-refractivity contribution >= 4 is 29.1 Å². The quantitative estimate of drug-likeness (QED) is 0.862. The first-order valence-electron chi connectivity index (χ1n) is 4.75. The zero-order chi connectivity index (χ0) is 12.3. The van der Waals surface area contributed by atoms with Crippen LogP contribution in [0.5, 0.6) is 5.75 Å². The summed E-state index contributed by atoms with van der Waals surface area (Å²) < 4.78 is 6.63. The minimum absolute atomic E-state index is 0.104. The van der Waals surface area contributed by atoms with E-state index in [0.717, 1.165) is 0 Å². The summed E-state index contributed by atoms with van der Waals surface area (Å²) in [5, 5.41) is 0.921. The van der Waals surface area contributed by atoms with Crippen LogP contribution in [0.3, 0.4) is 0 Å². The second kappa shape index (κ2) is 5.21. The topological polar surface area (TPSA) is 44.1 Å². The molecule has 0 amide bonds. The van der Waals surface area contributed by atoms with Gasteiger partial charge in [0.2, 0.25) is 0 Å². The Kier molecular flexibility index (Phi) is 3.66. The Labute approximate surface area is 108 Å². The highest BCUT2D eigenvalue weighted by Gasteiger charge is 2.06. The average molecular weight is 271 g/mol. The van der Waals surface area contributed by atoms with Crippen LogP contribution in [0.15, 0.2) is 36.9 Å². The molecule has 0 aliphatic rings. The van der Waals surface area contributed by atoms with E-state index in [-0.39, 0.29) is 12.5 Å². The fraction of sp³-hybridized carbons (Fsp3) is 0.0909. The summed E-state index contributed by atoms with van der Waals surface area (Å²) in [6.07, 6.45) is 4.49. The Balaban J connectivity index is 2.00. The SMILES string of the molecule is O=C(COc1cc(Cl)cc(Cl)c1)n1ccnc1. The lowest BCUT2D eigenvalue weighted by Gasteiger charge is -2.06. The number of hydrogen-bond acceptors (Lipinski definition) is 3. The van der Waals surface area contributed by atoms with Crippen LogP contribution in [0.2, 0.25) is 10.0 Å². The van der Waals surface area contributed by atoms with Gasteiger partial charge < -0.3 is 4.74 Å². The van der Waals surface area contributed by atoms with Crippen molar-refractivity contribution in [3.8, 4) is 5.75 Å². The first kappa shape index (κ1) is 12.0. The van der Waals surface area contributed by atoms with Gasteiger partial charge in [-0.05, 0) is 18.2 Å². The smallest absolute Gasteiger partial charge is 0.269 e. The number of imidazole rings is 1. The zero-order valence-electron chi connectivity index (χ0n) is 8.64. The molecule has 2 aromatic rings. The van der Waals surface area contributed by atoms with E-state index in [4.69, 9.17) is 27.9 Å². The van der Waals surface area contributed by atoms with Gasteiger partial charge in [0.25, 0.3) is 5.91 Å². The number of carbonyl (C=O) groups excluding carboxylic acids is 1. The number of carbonyl (C=O) groups is 1. The Morgan fingerprint density at radius 1 is 1.29 bits per heavy atom. The molecule has 0 saturated carbocycles. The summed E-state index contributed by atoms with van der Waals surface area (Å²) in [4.78, 5) is 15.4. The van der Waals surface area contributed by atoms with E-state index in [0.29, 0.717) is 15.8 Å². The molecule has 6 heteroatoms. The van der Waals surface area contributed by atoms with Gasteiger partial charge in [-0.25, -0.2) is 4.98 Å². The largest absolute Gasteiger partial charge is 0.484 e. The number of ether oxygens (including phenoxy) is 1. The number of halogens is 2. The first-order chi connectivity index (χ1) is 8.15. The molecule has 0 radical (unpaired) electrons. The van der Waals surface area contributed by atoms with Gasteiger partial charge in [-0.2, -0.15) is 0 Å². The molecule has 0 aliphatic carbocycles. The lowest BCUT2D eigenvalue weighted by atomic mass is 10.3. The standard InChI is InChI=1S/C11H8Cl2N2O2/c12-8-3-9(13)5-10(4-8)17-6-11(16)15-2-1-14-7-15/h1-5,7H,6H2. The lowest BCUT2D eigenvalue weighted by molar-refractivity contribution is 0.0837. The molecule has 0 N–H and O–H groups in total. The van der Waals surface area contributed by atoms with E-state index < -0.39 is 0 Å². The monoisotopic (exact) mass is 270 g/mol. The first-order valence-corrected chi connectivity index (χ1v) is 5.51. The Bertz CT molecular complexity index is 506. The maximum Gasteiger partial charge on any atom is 0.269 e. The molecular weight excluding hydrogens is 263 g/mol. The molecule has 0 bridgehead atoms. The molecule has 1 heterocycles. The Morgan fingerprint density at radius 2 is 2.00 bits per heavy atom. The van der Waals surface area contributed by atoms with Gasteiger partial charge in [0, 0.05) is 22.4 Å². The Morgan fingerprint density at radius 3 is 2.59 bits per heavy atom. The van der Waals surface area contributed by atoms with E-state index >= 15 is 0 Å². The highest BCUT2D eigenvalue weighted by atomic mass is 35.5. The summed E-state index contributed by atoms with van der Waals surface area (Å²) in [7, 11) is 0. The minimum Gasteiger partial charge on any atom is -0.484 e. The molecule has 1 aromatic heterocycles. The summed E-state index contributed by atoms with van der Waals surface area (Å²) >= 11 is 11.6. The molecule has 0 saturated heterocycles. The van der Waals surface area contributed by atoms with Crippen molar-refractivity contribution in [2.24, 2.45) is 0 Å². The molecule has 0 unspecified atom stereocenters. The number of nitrogens with zero attached hydrogens (tertiary/aromatic N) is 2. The molecule has 17 heavy (non-hydrogen) atoms. The highest BCUT2D eigenvalue weighted by Crippen LogP contribution is 2.24. The van der Waals surface area contributed by atoms with Crippen molar-refractivity contribution in [2.75, 3.05) is 6.61 Å². The van der Waals surface area contributed by atoms with Crippen molar-refractivity contribution in [3.63, 3.8) is 0 Å². The van der Waals surface area contributed by atoms with Gasteiger partial charge >= 0.3 is 0 Å². The molecular formula is C11H8Cl2N2O2. The number of aromatic nitrogens is 2. The molecule has 0 aliphatic heterocycles. The maximum absolute atomic E-state index is 11.6. The third-order valence-corrected chi connectivity index (χ3v) is 2.43. The van der Waals surface area contributed by atoms with Crippen LogP contribution in [0, 0.1) is 0 Å². The predicted octanol–water partition coefficient (Wildman–Crippen LogP) is 2.91. The molecule has 1 aromatic carbocycles. The predicted molar refractivity (Wildman–Crippen MR) is 64.8 cm³/mol.